The van der Waals surface area contributed by atoms with Gasteiger partial charge >= 0.3 is 0 Å². The summed E-state index contributed by atoms with van der Waals surface area (Å²) >= 11 is 7.27. The summed E-state index contributed by atoms with van der Waals surface area (Å²) < 4.78 is 15.6. The first-order valence-electron chi connectivity index (χ1n) is 4.69. The van der Waals surface area contributed by atoms with Crippen molar-refractivity contribution >= 4 is 34.8 Å². The van der Waals surface area contributed by atoms with Gasteiger partial charge in [0.15, 0.2) is 10.6 Å². The molecule has 1 N–H and O–H groups in total. The number of halogens is 2. The van der Waals surface area contributed by atoms with E-state index in [9.17, 15) is 4.39 Å². The lowest BCUT2D eigenvalue weighted by atomic mass is 10.2. The lowest BCUT2D eigenvalue weighted by Crippen LogP contribution is -2.02. The molecule has 2 aromatic rings. The minimum atomic E-state index is -0.454. The highest BCUT2D eigenvalue weighted by Gasteiger charge is 2.08. The van der Waals surface area contributed by atoms with Gasteiger partial charge in [0.1, 0.15) is 6.67 Å². The highest BCUT2D eigenvalue weighted by Crippen LogP contribution is 2.19. The number of H-pyrrole nitrogens is 1. The van der Waals surface area contributed by atoms with Crippen LogP contribution in [0.2, 0.25) is 0 Å². The van der Waals surface area contributed by atoms with Crippen LogP contribution in [0.4, 0.5) is 4.39 Å². The Kier molecular flexibility index (Phi) is 3.70. The van der Waals surface area contributed by atoms with Crippen molar-refractivity contribution in [2.45, 2.75) is 6.54 Å². The summed E-state index contributed by atoms with van der Waals surface area (Å²) in [6.45, 7) is -0.221. The molecule has 0 radical (unpaired) electrons. The van der Waals surface area contributed by atoms with E-state index in [1.54, 1.807) is 4.57 Å². The van der Waals surface area contributed by atoms with Gasteiger partial charge in [-0.15, -0.1) is 0 Å². The van der Waals surface area contributed by atoms with E-state index in [-0.39, 0.29) is 6.54 Å². The van der Waals surface area contributed by atoms with Gasteiger partial charge in [-0.25, -0.2) is 4.39 Å². The highest BCUT2D eigenvalue weighted by atomic mass is 127. The lowest BCUT2D eigenvalue weighted by Gasteiger charge is -2.04. The average molecular weight is 349 g/mol. The number of alkyl halides is 1. The zero-order valence-electron chi connectivity index (χ0n) is 8.28. The Bertz CT molecular complexity index is 549. The van der Waals surface area contributed by atoms with E-state index in [4.69, 9.17) is 12.2 Å². The fraction of sp³-hybridized carbons (Fsp3) is 0.200. The van der Waals surface area contributed by atoms with Crippen molar-refractivity contribution in [3.05, 3.63) is 32.6 Å². The molecule has 0 atom stereocenters. The van der Waals surface area contributed by atoms with Gasteiger partial charge < -0.3 is 0 Å². The van der Waals surface area contributed by atoms with Gasteiger partial charge in [0, 0.05) is 9.13 Å². The van der Waals surface area contributed by atoms with Gasteiger partial charge in [0.2, 0.25) is 0 Å². The average Bonchev–Trinajstić information content (AvgIpc) is 2.61. The highest BCUT2D eigenvalue weighted by molar-refractivity contribution is 14.1. The number of rotatable bonds is 3. The van der Waals surface area contributed by atoms with Crippen molar-refractivity contribution in [1.82, 2.24) is 14.8 Å². The summed E-state index contributed by atoms with van der Waals surface area (Å²) in [4.78, 5) is 0. The Morgan fingerprint density at radius 2 is 2.31 bits per heavy atom. The van der Waals surface area contributed by atoms with E-state index < -0.39 is 6.67 Å². The van der Waals surface area contributed by atoms with E-state index in [0.717, 1.165) is 9.13 Å². The first kappa shape index (κ1) is 11.7. The summed E-state index contributed by atoms with van der Waals surface area (Å²) in [6.07, 6.45) is 0. The molecule has 0 aliphatic rings. The fourth-order valence-electron chi connectivity index (χ4n) is 1.46. The third-order valence-electron chi connectivity index (χ3n) is 2.15. The van der Waals surface area contributed by atoms with Crippen LogP contribution in [0.5, 0.6) is 0 Å². The quantitative estimate of drug-likeness (QED) is 0.682. The maximum absolute atomic E-state index is 12.4. The topological polar surface area (TPSA) is 33.6 Å². The van der Waals surface area contributed by atoms with Crippen molar-refractivity contribution in [2.75, 3.05) is 6.67 Å². The monoisotopic (exact) mass is 349 g/mol. The van der Waals surface area contributed by atoms with Gasteiger partial charge in [0.25, 0.3) is 0 Å². The predicted octanol–water partition coefficient (Wildman–Crippen LogP) is 3.18. The molecule has 1 aromatic carbocycles. The van der Waals surface area contributed by atoms with Gasteiger partial charge in [0.05, 0.1) is 6.54 Å². The largest absolute Gasteiger partial charge is 0.298 e. The Balaban J connectivity index is 2.51. The van der Waals surface area contributed by atoms with Crippen molar-refractivity contribution in [3.8, 4) is 11.4 Å². The molecule has 0 saturated carbocycles. The third-order valence-corrected chi connectivity index (χ3v) is 3.13. The van der Waals surface area contributed by atoms with Crippen LogP contribution in [0.3, 0.4) is 0 Å². The van der Waals surface area contributed by atoms with Crippen LogP contribution < -0.4 is 0 Å². The molecule has 0 aliphatic heterocycles. The molecule has 2 rings (SSSR count). The van der Waals surface area contributed by atoms with Gasteiger partial charge in [-0.1, -0.05) is 12.1 Å². The smallest absolute Gasteiger partial charge is 0.195 e. The molecular weight excluding hydrogens is 340 g/mol. The van der Waals surface area contributed by atoms with Crippen LogP contribution >= 0.6 is 34.8 Å². The Labute approximate surface area is 111 Å². The SMILES string of the molecule is FCCn1c(-c2cccc(I)c2)n[nH]c1=S. The molecule has 3 nitrogen and oxygen atoms in total. The van der Waals surface area contributed by atoms with Crippen molar-refractivity contribution in [2.24, 2.45) is 0 Å². The number of aromatic nitrogens is 3. The maximum atomic E-state index is 12.4. The molecule has 0 bridgehead atoms. The number of hydrogen-bond donors (Lipinski definition) is 1. The lowest BCUT2D eigenvalue weighted by molar-refractivity contribution is 0.445. The Morgan fingerprint density at radius 1 is 1.50 bits per heavy atom. The summed E-state index contributed by atoms with van der Waals surface area (Å²) in [5.74, 6) is 0.682. The van der Waals surface area contributed by atoms with Crippen LogP contribution in [-0.4, -0.2) is 21.4 Å². The van der Waals surface area contributed by atoms with Crippen LogP contribution in [0.1, 0.15) is 0 Å². The molecule has 0 spiro atoms. The molecule has 0 saturated heterocycles. The summed E-state index contributed by atoms with van der Waals surface area (Å²) in [5, 5.41) is 6.81. The molecule has 1 heterocycles. The number of aromatic amines is 1. The normalized spacial score (nSPS) is 10.6. The number of benzene rings is 1. The molecule has 0 amide bonds. The zero-order chi connectivity index (χ0) is 11.5. The first-order chi connectivity index (χ1) is 7.72. The van der Waals surface area contributed by atoms with Crippen LogP contribution in [0, 0.1) is 8.34 Å². The second-order valence-electron chi connectivity index (χ2n) is 3.20. The van der Waals surface area contributed by atoms with Crippen LogP contribution in [0.15, 0.2) is 24.3 Å². The zero-order valence-corrected chi connectivity index (χ0v) is 11.3. The van der Waals surface area contributed by atoms with Gasteiger partial charge in [-0.2, -0.15) is 5.10 Å². The predicted molar refractivity (Wildman–Crippen MR) is 71.5 cm³/mol. The third kappa shape index (κ3) is 2.32. The van der Waals surface area contributed by atoms with E-state index in [2.05, 4.69) is 32.8 Å². The molecule has 84 valence electrons. The van der Waals surface area contributed by atoms with Gasteiger partial charge in [-0.05, 0) is 46.9 Å². The molecule has 1 aromatic heterocycles. The summed E-state index contributed by atoms with van der Waals surface area (Å²) in [7, 11) is 0. The van der Waals surface area contributed by atoms with Crippen molar-refractivity contribution in [3.63, 3.8) is 0 Å². The molecule has 0 fully saturated rings. The minimum absolute atomic E-state index is 0.232. The molecular formula is C10H9FIN3S. The standard InChI is InChI=1S/C10H9FIN3S/c11-4-5-15-9(13-14-10(15)16)7-2-1-3-8(12)6-7/h1-3,6H,4-5H2,(H,14,16). The Hall–Kier alpha value is -0.760. The van der Waals surface area contributed by atoms with Crippen LogP contribution in [-0.2, 0) is 6.54 Å². The number of nitrogens with one attached hydrogen (secondary N) is 1. The number of hydrogen-bond acceptors (Lipinski definition) is 2. The van der Waals surface area contributed by atoms with Crippen molar-refractivity contribution in [1.29, 1.82) is 0 Å². The summed E-state index contributed by atoms with van der Waals surface area (Å²) in [5.41, 5.74) is 0.938. The molecule has 0 unspecified atom stereocenters. The Morgan fingerprint density at radius 3 is 3.00 bits per heavy atom. The van der Waals surface area contributed by atoms with Crippen molar-refractivity contribution < 1.29 is 4.39 Å². The molecule has 0 aliphatic carbocycles. The summed E-state index contributed by atoms with van der Waals surface area (Å²) in [6, 6.07) is 7.85. The van der Waals surface area contributed by atoms with E-state index in [1.165, 1.54) is 0 Å². The van der Waals surface area contributed by atoms with E-state index in [0.29, 0.717) is 10.6 Å². The van der Waals surface area contributed by atoms with E-state index in [1.807, 2.05) is 24.3 Å². The fourth-order valence-corrected chi connectivity index (χ4v) is 2.22. The second-order valence-corrected chi connectivity index (χ2v) is 4.84. The molecule has 16 heavy (non-hydrogen) atoms. The second kappa shape index (κ2) is 5.05. The number of nitrogens with zero attached hydrogens (tertiary/aromatic N) is 2. The first-order valence-corrected chi connectivity index (χ1v) is 6.18. The minimum Gasteiger partial charge on any atom is -0.298 e. The van der Waals surface area contributed by atoms with Crippen LogP contribution in [0.25, 0.3) is 11.4 Å². The van der Waals surface area contributed by atoms with E-state index >= 15 is 0 Å². The van der Waals surface area contributed by atoms with Gasteiger partial charge in [-0.3, -0.25) is 9.67 Å². The maximum Gasteiger partial charge on any atom is 0.195 e. The molecule has 6 heteroatoms.